The van der Waals surface area contributed by atoms with Crippen molar-refractivity contribution in [2.45, 2.75) is 38.9 Å². The third-order valence-electron chi connectivity index (χ3n) is 4.44. The van der Waals surface area contributed by atoms with E-state index in [1.165, 1.54) is 16.8 Å². The Kier molecular flexibility index (Phi) is 4.67. The number of fused-ring (bicyclic) bond motifs is 1. The van der Waals surface area contributed by atoms with Crippen molar-refractivity contribution in [2.24, 2.45) is 5.73 Å². The maximum atomic E-state index is 13.2. The Balaban J connectivity index is 1.92. The predicted octanol–water partition coefficient (Wildman–Crippen LogP) is 1.55. The van der Waals surface area contributed by atoms with Crippen LogP contribution in [0.1, 0.15) is 42.8 Å². The van der Waals surface area contributed by atoms with Gasteiger partial charge < -0.3 is 5.73 Å². The SMILES string of the molecule is CC(C)n1nc2c(cc1=O)CN([C@H](C(N)=O)c1ccc(F)cc1)CC2. The number of carbonyl (C=O) groups excluding carboxylic acids is 1. The molecule has 1 aromatic heterocycles. The normalized spacial score (nSPS) is 15.8. The molecule has 2 aromatic rings. The van der Waals surface area contributed by atoms with Crippen LogP contribution in [0.4, 0.5) is 4.39 Å². The fraction of sp³-hybridized carbons (Fsp3) is 0.389. The molecule has 0 fully saturated rings. The van der Waals surface area contributed by atoms with Crippen LogP contribution < -0.4 is 11.3 Å². The zero-order valence-electron chi connectivity index (χ0n) is 14.3. The number of hydrogen-bond acceptors (Lipinski definition) is 4. The monoisotopic (exact) mass is 344 g/mol. The number of rotatable bonds is 4. The number of halogens is 1. The second kappa shape index (κ2) is 6.76. The fourth-order valence-electron chi connectivity index (χ4n) is 3.23. The van der Waals surface area contributed by atoms with Gasteiger partial charge in [-0.05, 0) is 37.1 Å². The van der Waals surface area contributed by atoms with Gasteiger partial charge in [-0.1, -0.05) is 12.1 Å². The topological polar surface area (TPSA) is 81.2 Å². The van der Waals surface area contributed by atoms with Crippen molar-refractivity contribution < 1.29 is 9.18 Å². The first-order chi connectivity index (χ1) is 11.9. The number of carbonyl (C=O) groups is 1. The Labute approximate surface area is 145 Å². The molecule has 2 heterocycles. The Morgan fingerprint density at radius 1 is 1.28 bits per heavy atom. The molecule has 2 N–H and O–H groups in total. The Hall–Kier alpha value is -2.54. The number of hydrogen-bond donors (Lipinski definition) is 1. The molecule has 0 radical (unpaired) electrons. The average Bonchev–Trinajstić information content (AvgIpc) is 2.55. The molecule has 3 rings (SSSR count). The van der Waals surface area contributed by atoms with E-state index in [4.69, 9.17) is 5.73 Å². The van der Waals surface area contributed by atoms with Gasteiger partial charge in [-0.3, -0.25) is 14.5 Å². The first-order valence-corrected chi connectivity index (χ1v) is 8.27. The summed E-state index contributed by atoms with van der Waals surface area (Å²) in [6, 6.07) is 6.66. The number of amides is 1. The van der Waals surface area contributed by atoms with E-state index in [0.29, 0.717) is 25.1 Å². The summed E-state index contributed by atoms with van der Waals surface area (Å²) in [6.07, 6.45) is 0.618. The minimum Gasteiger partial charge on any atom is -0.368 e. The van der Waals surface area contributed by atoms with E-state index >= 15 is 0 Å². The molecule has 0 aliphatic carbocycles. The zero-order valence-corrected chi connectivity index (χ0v) is 14.3. The average molecular weight is 344 g/mol. The predicted molar refractivity (Wildman–Crippen MR) is 91.3 cm³/mol. The van der Waals surface area contributed by atoms with E-state index in [-0.39, 0.29) is 17.4 Å². The highest BCUT2D eigenvalue weighted by molar-refractivity contribution is 5.81. The van der Waals surface area contributed by atoms with E-state index in [9.17, 15) is 14.0 Å². The first kappa shape index (κ1) is 17.3. The van der Waals surface area contributed by atoms with Crippen LogP contribution in [0.5, 0.6) is 0 Å². The highest BCUT2D eigenvalue weighted by Gasteiger charge is 2.30. The number of nitrogens with zero attached hydrogens (tertiary/aromatic N) is 3. The molecule has 1 aromatic carbocycles. The largest absolute Gasteiger partial charge is 0.368 e. The molecule has 1 aliphatic heterocycles. The quantitative estimate of drug-likeness (QED) is 0.912. The second-order valence-corrected chi connectivity index (χ2v) is 6.57. The van der Waals surface area contributed by atoms with Crippen LogP contribution >= 0.6 is 0 Å². The van der Waals surface area contributed by atoms with Crippen molar-refractivity contribution in [3.8, 4) is 0 Å². The molecule has 1 amide bonds. The van der Waals surface area contributed by atoms with Crippen LogP contribution in [-0.4, -0.2) is 27.1 Å². The Morgan fingerprint density at radius 3 is 2.56 bits per heavy atom. The lowest BCUT2D eigenvalue weighted by molar-refractivity contribution is -0.123. The smallest absolute Gasteiger partial charge is 0.267 e. The molecule has 0 unspecified atom stereocenters. The molecule has 0 saturated carbocycles. The summed E-state index contributed by atoms with van der Waals surface area (Å²) in [4.78, 5) is 26.1. The number of benzene rings is 1. The van der Waals surface area contributed by atoms with Crippen LogP contribution in [0.15, 0.2) is 35.1 Å². The maximum Gasteiger partial charge on any atom is 0.267 e. The Morgan fingerprint density at radius 2 is 1.96 bits per heavy atom. The Bertz CT molecular complexity index is 845. The van der Waals surface area contributed by atoms with Crippen molar-refractivity contribution in [3.63, 3.8) is 0 Å². The molecule has 7 heteroatoms. The van der Waals surface area contributed by atoms with Crippen LogP contribution in [0.2, 0.25) is 0 Å². The van der Waals surface area contributed by atoms with Gasteiger partial charge in [0, 0.05) is 25.6 Å². The lowest BCUT2D eigenvalue weighted by atomic mass is 9.99. The lowest BCUT2D eigenvalue weighted by Gasteiger charge is -2.33. The molecule has 0 saturated heterocycles. The van der Waals surface area contributed by atoms with Crippen molar-refractivity contribution in [2.75, 3.05) is 6.54 Å². The van der Waals surface area contributed by atoms with Gasteiger partial charge >= 0.3 is 0 Å². The van der Waals surface area contributed by atoms with Gasteiger partial charge in [-0.15, -0.1) is 0 Å². The minimum atomic E-state index is -0.665. The van der Waals surface area contributed by atoms with Crippen molar-refractivity contribution in [3.05, 3.63) is 63.3 Å². The third-order valence-corrected chi connectivity index (χ3v) is 4.44. The molecule has 1 atom stereocenters. The molecule has 1 aliphatic rings. The molecular weight excluding hydrogens is 323 g/mol. The zero-order chi connectivity index (χ0) is 18.1. The molecule has 25 heavy (non-hydrogen) atoms. The first-order valence-electron chi connectivity index (χ1n) is 8.27. The molecular formula is C18H21FN4O2. The summed E-state index contributed by atoms with van der Waals surface area (Å²) in [5, 5.41) is 4.45. The number of primary amides is 1. The van der Waals surface area contributed by atoms with E-state index in [1.807, 2.05) is 18.7 Å². The van der Waals surface area contributed by atoms with Crippen LogP contribution in [0.3, 0.4) is 0 Å². The van der Waals surface area contributed by atoms with Crippen LogP contribution in [0, 0.1) is 5.82 Å². The van der Waals surface area contributed by atoms with Crippen molar-refractivity contribution in [1.82, 2.24) is 14.7 Å². The third kappa shape index (κ3) is 3.46. The van der Waals surface area contributed by atoms with E-state index in [2.05, 4.69) is 5.10 Å². The summed E-state index contributed by atoms with van der Waals surface area (Å²) >= 11 is 0. The number of nitrogens with two attached hydrogens (primary N) is 1. The standard InChI is InChI=1S/C18H21FN4O2/c1-11(2)23-16(24)9-13-10-22(8-7-15(13)21-23)17(18(20)25)12-3-5-14(19)6-4-12/h3-6,9,11,17H,7-8,10H2,1-2H3,(H2,20,25)/t17-/m0/s1. The summed E-state index contributed by atoms with van der Waals surface area (Å²) in [7, 11) is 0. The minimum absolute atomic E-state index is 0.00610. The summed E-state index contributed by atoms with van der Waals surface area (Å²) in [5.74, 6) is -0.868. The fourth-order valence-corrected chi connectivity index (χ4v) is 3.23. The van der Waals surface area contributed by atoms with E-state index < -0.39 is 11.9 Å². The summed E-state index contributed by atoms with van der Waals surface area (Å²) in [5.41, 5.74) is 7.75. The van der Waals surface area contributed by atoms with Gasteiger partial charge in [0.25, 0.3) is 5.56 Å². The highest BCUT2D eigenvalue weighted by Crippen LogP contribution is 2.27. The van der Waals surface area contributed by atoms with Crippen molar-refractivity contribution >= 4 is 5.91 Å². The molecule has 132 valence electrons. The summed E-state index contributed by atoms with van der Waals surface area (Å²) in [6.45, 7) is 4.81. The van der Waals surface area contributed by atoms with Gasteiger partial charge in [0.05, 0.1) is 11.7 Å². The van der Waals surface area contributed by atoms with Gasteiger partial charge in [0.15, 0.2) is 0 Å². The van der Waals surface area contributed by atoms with Crippen LogP contribution in [-0.2, 0) is 17.8 Å². The van der Waals surface area contributed by atoms with Crippen LogP contribution in [0.25, 0.3) is 0 Å². The van der Waals surface area contributed by atoms with Gasteiger partial charge in [0.2, 0.25) is 5.91 Å². The van der Waals surface area contributed by atoms with Crippen molar-refractivity contribution in [1.29, 1.82) is 0 Å². The van der Waals surface area contributed by atoms with E-state index in [1.54, 1.807) is 18.2 Å². The molecule has 0 spiro atoms. The second-order valence-electron chi connectivity index (χ2n) is 6.57. The lowest BCUT2D eigenvalue weighted by Crippen LogP contribution is -2.42. The van der Waals surface area contributed by atoms with E-state index in [0.717, 1.165) is 11.3 Å². The maximum absolute atomic E-state index is 13.2. The van der Waals surface area contributed by atoms with Gasteiger partial charge in [-0.2, -0.15) is 5.10 Å². The van der Waals surface area contributed by atoms with Gasteiger partial charge in [0.1, 0.15) is 11.9 Å². The summed E-state index contributed by atoms with van der Waals surface area (Å²) < 4.78 is 14.6. The highest BCUT2D eigenvalue weighted by atomic mass is 19.1. The number of aromatic nitrogens is 2. The molecule has 0 bridgehead atoms. The molecule has 6 nitrogen and oxygen atoms in total. The van der Waals surface area contributed by atoms with Gasteiger partial charge in [-0.25, -0.2) is 9.07 Å².